The maximum atomic E-state index is 10.9. The summed E-state index contributed by atoms with van der Waals surface area (Å²) in [5, 5.41) is 8.94. The van der Waals surface area contributed by atoms with Gasteiger partial charge in [0.25, 0.3) is 0 Å². The van der Waals surface area contributed by atoms with Crippen molar-refractivity contribution in [1.82, 2.24) is 4.98 Å². The summed E-state index contributed by atoms with van der Waals surface area (Å²) in [5.41, 5.74) is 4.27. The van der Waals surface area contributed by atoms with E-state index in [9.17, 15) is 4.79 Å². The number of benzene rings is 1. The number of carboxylic acids is 1. The molecule has 1 aromatic carbocycles. The summed E-state index contributed by atoms with van der Waals surface area (Å²) in [5.74, 6) is -0.782. The van der Waals surface area contributed by atoms with Gasteiger partial charge in [-0.1, -0.05) is 24.3 Å². The molecular weight excluding hydrogens is 264 g/mol. The van der Waals surface area contributed by atoms with E-state index in [1.807, 2.05) is 56.4 Å². The molecule has 0 fully saturated rings. The Bertz CT molecular complexity index is 608. The summed E-state index contributed by atoms with van der Waals surface area (Å²) < 4.78 is 0. The molecule has 0 unspecified atom stereocenters. The first kappa shape index (κ1) is 15.0. The van der Waals surface area contributed by atoms with Crippen molar-refractivity contribution in [2.24, 2.45) is 0 Å². The first-order chi connectivity index (χ1) is 10.1. The summed E-state index contributed by atoms with van der Waals surface area (Å²) in [6.07, 6.45) is 1.97. The van der Waals surface area contributed by atoms with Crippen LogP contribution in [0.3, 0.4) is 0 Å². The van der Waals surface area contributed by atoms with Gasteiger partial charge in [0.15, 0.2) is 0 Å². The van der Waals surface area contributed by atoms with Gasteiger partial charge in [0.2, 0.25) is 0 Å². The molecule has 0 bridgehead atoms. The highest BCUT2D eigenvalue weighted by atomic mass is 16.4. The number of aliphatic carboxylic acids is 1. The molecular formula is C17H20N2O2. The number of aryl methyl sites for hydroxylation is 2. The van der Waals surface area contributed by atoms with E-state index in [1.54, 1.807) is 0 Å². The summed E-state index contributed by atoms with van der Waals surface area (Å²) in [6, 6.07) is 12.0. The Hall–Kier alpha value is -2.36. The molecule has 0 amide bonds. The number of nitrogens with zero attached hydrogens (tertiary/aromatic N) is 2. The molecule has 21 heavy (non-hydrogen) atoms. The van der Waals surface area contributed by atoms with Crippen LogP contribution < -0.4 is 4.90 Å². The quantitative estimate of drug-likeness (QED) is 0.885. The van der Waals surface area contributed by atoms with Crippen LogP contribution in [0.15, 0.2) is 42.6 Å². The van der Waals surface area contributed by atoms with E-state index in [-0.39, 0.29) is 6.42 Å². The van der Waals surface area contributed by atoms with Gasteiger partial charge in [-0.15, -0.1) is 0 Å². The van der Waals surface area contributed by atoms with Crippen LogP contribution in [0.1, 0.15) is 23.2 Å². The Balaban J connectivity index is 2.21. The van der Waals surface area contributed by atoms with E-state index in [1.165, 1.54) is 0 Å². The van der Waals surface area contributed by atoms with Crippen LogP contribution in [0.4, 0.5) is 5.69 Å². The van der Waals surface area contributed by atoms with E-state index in [0.717, 1.165) is 22.5 Å². The Kier molecular flexibility index (Phi) is 4.93. The number of aromatic nitrogens is 1. The maximum Gasteiger partial charge on any atom is 0.305 e. The third-order valence-corrected chi connectivity index (χ3v) is 3.40. The molecule has 1 N–H and O–H groups in total. The molecule has 0 aliphatic rings. The van der Waals surface area contributed by atoms with Crippen LogP contribution in [-0.4, -0.2) is 22.6 Å². The molecule has 1 heterocycles. The molecule has 0 atom stereocenters. The molecule has 0 aliphatic heterocycles. The highest BCUT2D eigenvalue weighted by molar-refractivity contribution is 5.68. The van der Waals surface area contributed by atoms with Crippen molar-refractivity contribution in [2.45, 2.75) is 26.8 Å². The number of carbonyl (C=O) groups is 1. The lowest BCUT2D eigenvalue weighted by molar-refractivity contribution is -0.136. The molecule has 4 nitrogen and oxygen atoms in total. The van der Waals surface area contributed by atoms with Gasteiger partial charge in [-0.25, -0.2) is 0 Å². The van der Waals surface area contributed by atoms with E-state index in [0.29, 0.717) is 13.1 Å². The Morgan fingerprint density at radius 2 is 1.95 bits per heavy atom. The van der Waals surface area contributed by atoms with Crippen LogP contribution in [0.5, 0.6) is 0 Å². The first-order valence-corrected chi connectivity index (χ1v) is 7.00. The predicted octanol–water partition coefficient (Wildman–Crippen LogP) is 3.18. The van der Waals surface area contributed by atoms with Crippen molar-refractivity contribution < 1.29 is 9.90 Å². The maximum absolute atomic E-state index is 10.9. The number of rotatable bonds is 6. The molecule has 0 radical (unpaired) electrons. The summed E-state index contributed by atoms with van der Waals surface area (Å²) in [6.45, 7) is 5.13. The molecule has 0 saturated heterocycles. The zero-order valence-electron chi connectivity index (χ0n) is 12.4. The van der Waals surface area contributed by atoms with Crippen molar-refractivity contribution in [1.29, 1.82) is 0 Å². The molecule has 0 saturated carbocycles. The number of para-hydroxylation sites is 1. The Morgan fingerprint density at radius 3 is 2.57 bits per heavy atom. The third-order valence-electron chi connectivity index (χ3n) is 3.40. The van der Waals surface area contributed by atoms with Crippen molar-refractivity contribution >= 4 is 11.7 Å². The number of hydrogen-bond donors (Lipinski definition) is 1. The minimum atomic E-state index is -0.782. The van der Waals surface area contributed by atoms with E-state index in [4.69, 9.17) is 5.11 Å². The number of pyridine rings is 1. The van der Waals surface area contributed by atoms with Crippen molar-refractivity contribution in [3.05, 3.63) is 59.4 Å². The van der Waals surface area contributed by atoms with Gasteiger partial charge < -0.3 is 10.0 Å². The normalized spacial score (nSPS) is 10.4. The lowest BCUT2D eigenvalue weighted by Gasteiger charge is -2.26. The largest absolute Gasteiger partial charge is 0.481 e. The fraction of sp³-hybridized carbons (Fsp3) is 0.294. The van der Waals surface area contributed by atoms with Crippen molar-refractivity contribution in [3.8, 4) is 0 Å². The lowest BCUT2D eigenvalue weighted by Crippen LogP contribution is -2.26. The van der Waals surface area contributed by atoms with E-state index >= 15 is 0 Å². The zero-order chi connectivity index (χ0) is 15.2. The lowest BCUT2D eigenvalue weighted by atomic mass is 10.1. The molecule has 0 aliphatic carbocycles. The number of anilines is 1. The van der Waals surface area contributed by atoms with Gasteiger partial charge >= 0.3 is 5.97 Å². The van der Waals surface area contributed by atoms with Gasteiger partial charge in [-0.3, -0.25) is 9.78 Å². The minimum Gasteiger partial charge on any atom is -0.481 e. The topological polar surface area (TPSA) is 53.4 Å². The third kappa shape index (κ3) is 4.31. The second-order valence-corrected chi connectivity index (χ2v) is 5.16. The van der Waals surface area contributed by atoms with Gasteiger partial charge in [0.1, 0.15) is 0 Å². The second kappa shape index (κ2) is 6.88. The average Bonchev–Trinajstić information content (AvgIpc) is 2.46. The van der Waals surface area contributed by atoms with Crippen LogP contribution in [0, 0.1) is 13.8 Å². The zero-order valence-corrected chi connectivity index (χ0v) is 12.4. The van der Waals surface area contributed by atoms with Gasteiger partial charge in [-0.05, 0) is 37.1 Å². The monoisotopic (exact) mass is 284 g/mol. The standard InChI is InChI=1S/C17H20N2O2/c1-13-5-3-4-6-16(13)19(10-9-17(20)21)12-15-8-7-14(2)18-11-15/h3-8,11H,9-10,12H2,1-2H3,(H,20,21). The van der Waals surface area contributed by atoms with Gasteiger partial charge in [0, 0.05) is 30.7 Å². The fourth-order valence-electron chi connectivity index (χ4n) is 2.25. The second-order valence-electron chi connectivity index (χ2n) is 5.16. The summed E-state index contributed by atoms with van der Waals surface area (Å²) in [7, 11) is 0. The molecule has 2 aromatic rings. The first-order valence-electron chi connectivity index (χ1n) is 7.00. The highest BCUT2D eigenvalue weighted by Gasteiger charge is 2.11. The van der Waals surface area contributed by atoms with Crippen LogP contribution in [0.25, 0.3) is 0 Å². The summed E-state index contributed by atoms with van der Waals surface area (Å²) >= 11 is 0. The molecule has 0 spiro atoms. The molecule has 4 heteroatoms. The van der Waals surface area contributed by atoms with Gasteiger partial charge in [-0.2, -0.15) is 0 Å². The SMILES string of the molecule is Cc1ccc(CN(CCC(=O)O)c2ccccc2C)cn1. The molecule has 1 aromatic heterocycles. The smallest absolute Gasteiger partial charge is 0.305 e. The number of carboxylic acid groups (broad SMARTS) is 1. The van der Waals surface area contributed by atoms with Crippen LogP contribution >= 0.6 is 0 Å². The highest BCUT2D eigenvalue weighted by Crippen LogP contribution is 2.21. The van der Waals surface area contributed by atoms with E-state index in [2.05, 4.69) is 9.88 Å². The number of hydrogen-bond acceptors (Lipinski definition) is 3. The predicted molar refractivity (Wildman–Crippen MR) is 83.5 cm³/mol. The van der Waals surface area contributed by atoms with Crippen LogP contribution in [0.2, 0.25) is 0 Å². The van der Waals surface area contributed by atoms with Gasteiger partial charge in [0.05, 0.1) is 6.42 Å². The molecule has 2 rings (SSSR count). The average molecular weight is 284 g/mol. The Morgan fingerprint density at radius 1 is 1.19 bits per heavy atom. The van der Waals surface area contributed by atoms with E-state index < -0.39 is 5.97 Å². The Labute approximate surface area is 125 Å². The minimum absolute atomic E-state index is 0.119. The van der Waals surface area contributed by atoms with Crippen molar-refractivity contribution in [3.63, 3.8) is 0 Å². The molecule has 110 valence electrons. The van der Waals surface area contributed by atoms with Crippen molar-refractivity contribution in [2.75, 3.05) is 11.4 Å². The van der Waals surface area contributed by atoms with Crippen LogP contribution in [-0.2, 0) is 11.3 Å². The summed E-state index contributed by atoms with van der Waals surface area (Å²) in [4.78, 5) is 17.3. The fourth-order valence-corrected chi connectivity index (χ4v) is 2.25.